The summed E-state index contributed by atoms with van der Waals surface area (Å²) in [4.78, 5) is 14.2. The molecular formula is C16H28N2O2. The second-order valence-electron chi connectivity index (χ2n) is 5.12. The van der Waals surface area contributed by atoms with Gasteiger partial charge in [0.2, 0.25) is 5.91 Å². The maximum Gasteiger partial charge on any atom is 0.216 e. The van der Waals surface area contributed by atoms with E-state index in [1.165, 1.54) is 19.8 Å². The number of nitrogens with zero attached hydrogens (tertiary/aromatic N) is 1. The molecule has 2 heterocycles. The lowest BCUT2D eigenvalue weighted by molar-refractivity contribution is -0.119. The first-order chi connectivity index (χ1) is 9.52. The van der Waals surface area contributed by atoms with Crippen molar-refractivity contribution in [1.29, 1.82) is 0 Å². The smallest absolute Gasteiger partial charge is 0.216 e. The van der Waals surface area contributed by atoms with E-state index in [-0.39, 0.29) is 5.91 Å². The monoisotopic (exact) mass is 280 g/mol. The van der Waals surface area contributed by atoms with Crippen molar-refractivity contribution in [1.82, 2.24) is 10.3 Å². The molecule has 0 aromatic carbocycles. The Morgan fingerprint density at radius 2 is 2.00 bits per heavy atom. The van der Waals surface area contributed by atoms with Gasteiger partial charge >= 0.3 is 0 Å². The van der Waals surface area contributed by atoms with Gasteiger partial charge in [-0.3, -0.25) is 9.78 Å². The van der Waals surface area contributed by atoms with Gasteiger partial charge in [-0.05, 0) is 37.8 Å². The topological polar surface area (TPSA) is 51.2 Å². The third-order valence-corrected chi connectivity index (χ3v) is 2.40. The van der Waals surface area contributed by atoms with Gasteiger partial charge in [0.15, 0.2) is 0 Å². The van der Waals surface area contributed by atoms with Crippen LogP contribution < -0.4 is 5.32 Å². The highest BCUT2D eigenvalue weighted by molar-refractivity contribution is 5.72. The minimum atomic E-state index is 0.0544. The first kappa shape index (κ1) is 18.6. The van der Waals surface area contributed by atoms with Crippen molar-refractivity contribution in [2.24, 2.45) is 5.92 Å². The zero-order chi connectivity index (χ0) is 15.2. The molecule has 1 aromatic heterocycles. The Labute approximate surface area is 122 Å². The van der Waals surface area contributed by atoms with Gasteiger partial charge in [0.1, 0.15) is 0 Å². The number of hydrogen-bond donors (Lipinski definition) is 1. The van der Waals surface area contributed by atoms with Crippen molar-refractivity contribution < 1.29 is 9.53 Å². The predicted octanol–water partition coefficient (Wildman–Crippen LogP) is 2.97. The highest BCUT2D eigenvalue weighted by Gasteiger charge is 1.94. The molecule has 4 heteroatoms. The highest BCUT2D eigenvalue weighted by Crippen LogP contribution is 1.98. The zero-order valence-corrected chi connectivity index (χ0v) is 13.2. The molecule has 0 radical (unpaired) electrons. The van der Waals surface area contributed by atoms with Crippen LogP contribution in [0.25, 0.3) is 0 Å². The van der Waals surface area contributed by atoms with Gasteiger partial charge in [0, 0.05) is 38.6 Å². The fourth-order valence-corrected chi connectivity index (χ4v) is 1.31. The maximum atomic E-state index is 10.2. The summed E-state index contributed by atoms with van der Waals surface area (Å²) in [7, 11) is 0. The average molecular weight is 280 g/mol. The molecule has 0 aliphatic carbocycles. The molecule has 1 amide bonds. The largest absolute Gasteiger partial charge is 0.381 e. The minimum Gasteiger partial charge on any atom is -0.381 e. The standard InChI is InChI=1S/C6H13NO.C6H7N.C4H8O/c1-5(2)4-7-6(3)8;1-6-4-2-3-5-7-6;1-2-4-5-3-1/h5H,4H2,1-3H3,(H,7,8);2-5H,1H3;1-4H2. The Kier molecular flexibility index (Phi) is 11.7. The van der Waals surface area contributed by atoms with Gasteiger partial charge in [-0.15, -0.1) is 0 Å². The van der Waals surface area contributed by atoms with Crippen molar-refractivity contribution in [3.63, 3.8) is 0 Å². The van der Waals surface area contributed by atoms with Gasteiger partial charge in [-0.25, -0.2) is 0 Å². The van der Waals surface area contributed by atoms with Crippen LogP contribution in [0.3, 0.4) is 0 Å². The Hall–Kier alpha value is -1.42. The van der Waals surface area contributed by atoms with Crippen molar-refractivity contribution in [2.45, 2.75) is 40.5 Å². The van der Waals surface area contributed by atoms with Crippen LogP contribution in [0.1, 0.15) is 39.3 Å². The first-order valence-electron chi connectivity index (χ1n) is 7.22. The Morgan fingerprint density at radius 3 is 2.20 bits per heavy atom. The Morgan fingerprint density at radius 1 is 1.35 bits per heavy atom. The van der Waals surface area contributed by atoms with Crippen LogP contribution in [0.15, 0.2) is 24.4 Å². The third kappa shape index (κ3) is 14.6. The van der Waals surface area contributed by atoms with E-state index in [1.807, 2.05) is 25.1 Å². The van der Waals surface area contributed by atoms with Gasteiger partial charge in [-0.1, -0.05) is 19.9 Å². The van der Waals surface area contributed by atoms with Crippen molar-refractivity contribution in [2.75, 3.05) is 19.8 Å². The number of hydrogen-bond acceptors (Lipinski definition) is 3. The van der Waals surface area contributed by atoms with Crippen LogP contribution in [0, 0.1) is 12.8 Å². The van der Waals surface area contributed by atoms with Gasteiger partial charge in [0.25, 0.3) is 0 Å². The van der Waals surface area contributed by atoms with Crippen LogP contribution in [0.5, 0.6) is 0 Å². The number of aromatic nitrogens is 1. The second kappa shape index (κ2) is 12.6. The summed E-state index contributed by atoms with van der Waals surface area (Å²) in [5.74, 6) is 0.609. The third-order valence-electron chi connectivity index (χ3n) is 2.40. The second-order valence-corrected chi connectivity index (χ2v) is 5.12. The molecule has 1 saturated heterocycles. The molecule has 1 aromatic rings. The van der Waals surface area contributed by atoms with E-state index in [2.05, 4.69) is 24.1 Å². The molecular weight excluding hydrogens is 252 g/mol. The fourth-order valence-electron chi connectivity index (χ4n) is 1.31. The molecule has 0 spiro atoms. The molecule has 1 aliphatic heterocycles. The number of aryl methyl sites for hydroxylation is 1. The zero-order valence-electron chi connectivity index (χ0n) is 13.2. The average Bonchev–Trinajstić information content (AvgIpc) is 2.97. The Bertz CT molecular complexity index is 328. The van der Waals surface area contributed by atoms with Crippen LogP contribution in [0.2, 0.25) is 0 Å². The molecule has 4 nitrogen and oxygen atoms in total. The normalized spacial score (nSPS) is 12.8. The molecule has 1 fully saturated rings. The predicted molar refractivity (Wildman–Crippen MR) is 82.5 cm³/mol. The van der Waals surface area contributed by atoms with E-state index in [4.69, 9.17) is 4.74 Å². The number of pyridine rings is 1. The lowest BCUT2D eigenvalue weighted by atomic mass is 10.2. The molecule has 114 valence electrons. The summed E-state index contributed by atoms with van der Waals surface area (Å²) >= 11 is 0. The summed E-state index contributed by atoms with van der Waals surface area (Å²) in [6, 6.07) is 5.86. The van der Waals surface area contributed by atoms with Crippen molar-refractivity contribution in [3.05, 3.63) is 30.1 Å². The summed E-state index contributed by atoms with van der Waals surface area (Å²) in [6.07, 6.45) is 4.34. The summed E-state index contributed by atoms with van der Waals surface area (Å²) in [5, 5.41) is 2.71. The molecule has 0 bridgehead atoms. The first-order valence-corrected chi connectivity index (χ1v) is 7.22. The van der Waals surface area contributed by atoms with Crippen molar-refractivity contribution >= 4 is 5.91 Å². The van der Waals surface area contributed by atoms with Crippen molar-refractivity contribution in [3.8, 4) is 0 Å². The number of nitrogens with one attached hydrogen (secondary N) is 1. The molecule has 20 heavy (non-hydrogen) atoms. The molecule has 0 saturated carbocycles. The summed E-state index contributed by atoms with van der Waals surface area (Å²) in [5.41, 5.74) is 1.07. The molecule has 0 atom stereocenters. The number of carbonyl (C=O) groups is 1. The van der Waals surface area contributed by atoms with E-state index in [0.717, 1.165) is 25.5 Å². The summed E-state index contributed by atoms with van der Waals surface area (Å²) < 4.78 is 4.94. The number of rotatable bonds is 2. The highest BCUT2D eigenvalue weighted by atomic mass is 16.5. The SMILES string of the molecule is C1CCOC1.CC(=O)NCC(C)C.Cc1ccccn1. The molecule has 1 aliphatic rings. The maximum absolute atomic E-state index is 10.2. The number of amides is 1. The van der Waals surface area contributed by atoms with Crippen LogP contribution in [-0.4, -0.2) is 30.6 Å². The number of carbonyl (C=O) groups excluding carboxylic acids is 1. The Balaban J connectivity index is 0.000000276. The van der Waals surface area contributed by atoms with E-state index in [9.17, 15) is 4.79 Å². The number of ether oxygens (including phenoxy) is 1. The van der Waals surface area contributed by atoms with E-state index >= 15 is 0 Å². The summed E-state index contributed by atoms with van der Waals surface area (Å²) in [6.45, 7) is 10.4. The van der Waals surface area contributed by atoms with E-state index in [0.29, 0.717) is 5.92 Å². The quantitative estimate of drug-likeness (QED) is 0.906. The molecule has 0 unspecified atom stereocenters. The lowest BCUT2D eigenvalue weighted by Crippen LogP contribution is -2.24. The van der Waals surface area contributed by atoms with E-state index in [1.54, 1.807) is 6.20 Å². The van der Waals surface area contributed by atoms with E-state index < -0.39 is 0 Å². The van der Waals surface area contributed by atoms with Gasteiger partial charge in [0.05, 0.1) is 0 Å². The fraction of sp³-hybridized carbons (Fsp3) is 0.625. The van der Waals surface area contributed by atoms with Gasteiger partial charge in [-0.2, -0.15) is 0 Å². The van der Waals surface area contributed by atoms with Crippen LogP contribution in [-0.2, 0) is 9.53 Å². The molecule has 1 N–H and O–H groups in total. The minimum absolute atomic E-state index is 0.0544. The molecule has 2 rings (SSSR count). The lowest BCUT2D eigenvalue weighted by Gasteiger charge is -2.02. The van der Waals surface area contributed by atoms with Crippen LogP contribution in [0.4, 0.5) is 0 Å². The van der Waals surface area contributed by atoms with Gasteiger partial charge < -0.3 is 10.1 Å². The van der Waals surface area contributed by atoms with Crippen LogP contribution >= 0.6 is 0 Å².